The Bertz CT molecular complexity index is 1320. The molecule has 0 bridgehead atoms. The number of nitrogens with zero attached hydrogens (tertiary/aromatic N) is 3. The van der Waals surface area contributed by atoms with E-state index in [-0.39, 0.29) is 11.5 Å². The van der Waals surface area contributed by atoms with Crippen molar-refractivity contribution in [3.63, 3.8) is 0 Å². The van der Waals surface area contributed by atoms with Crippen LogP contribution in [0.4, 0.5) is 18.9 Å². The number of benzene rings is 2. The van der Waals surface area contributed by atoms with Gasteiger partial charge in [0, 0.05) is 43.3 Å². The zero-order valence-electron chi connectivity index (χ0n) is 18.5. The van der Waals surface area contributed by atoms with Crippen molar-refractivity contribution in [2.24, 2.45) is 0 Å². The first-order chi connectivity index (χ1) is 16.3. The molecule has 0 saturated carbocycles. The van der Waals surface area contributed by atoms with Crippen molar-refractivity contribution >= 4 is 28.2 Å². The van der Waals surface area contributed by atoms with Crippen molar-refractivity contribution in [1.29, 1.82) is 0 Å². The highest BCUT2D eigenvalue weighted by molar-refractivity contribution is 5.98. The fourth-order valence-electron chi connectivity index (χ4n) is 4.66. The van der Waals surface area contributed by atoms with Gasteiger partial charge in [-0.1, -0.05) is 12.6 Å². The Morgan fingerprint density at radius 1 is 1.15 bits per heavy atom. The highest BCUT2D eigenvalue weighted by atomic mass is 19.4. The Labute approximate surface area is 193 Å². The lowest BCUT2D eigenvalue weighted by Gasteiger charge is -2.38. The number of carbonyl (C=O) groups excluding carboxylic acids is 1. The molecular weight excluding hydrogens is 445 g/mol. The number of hydrazine groups is 1. The van der Waals surface area contributed by atoms with Gasteiger partial charge in [-0.25, -0.2) is 0 Å². The number of hydrogen-bond acceptors (Lipinski definition) is 5. The highest BCUT2D eigenvalue weighted by Crippen LogP contribution is 2.45. The zero-order chi connectivity index (χ0) is 24.0. The maximum Gasteiger partial charge on any atom is 0.417 e. The zero-order valence-corrected chi connectivity index (χ0v) is 18.5. The predicted molar refractivity (Wildman–Crippen MR) is 124 cm³/mol. The summed E-state index contributed by atoms with van der Waals surface area (Å²) in [6, 6.07) is 6.36. The molecule has 10 heteroatoms. The average Bonchev–Trinajstić information content (AvgIpc) is 3.30. The Kier molecular flexibility index (Phi) is 5.22. The topological polar surface area (TPSA) is 76.3 Å². The molecule has 0 aliphatic carbocycles. The lowest BCUT2D eigenvalue weighted by atomic mass is 9.90. The number of hydrogen-bond donors (Lipinski definition) is 3. The molecule has 1 aromatic heterocycles. The summed E-state index contributed by atoms with van der Waals surface area (Å²) in [6.45, 7) is 7.25. The molecule has 1 fully saturated rings. The Morgan fingerprint density at radius 2 is 1.91 bits per heavy atom. The van der Waals surface area contributed by atoms with Crippen LogP contribution in [-0.4, -0.2) is 52.1 Å². The van der Waals surface area contributed by atoms with Crippen molar-refractivity contribution in [3.8, 4) is 11.1 Å². The molecule has 3 N–H and O–H groups in total. The number of fused-ring (bicyclic) bond motifs is 2. The minimum Gasteiger partial charge on any atom is -0.366 e. The molecule has 34 heavy (non-hydrogen) atoms. The molecule has 2 aromatic carbocycles. The van der Waals surface area contributed by atoms with Gasteiger partial charge < -0.3 is 20.7 Å². The van der Waals surface area contributed by atoms with Crippen LogP contribution in [-0.2, 0) is 11.0 Å². The van der Waals surface area contributed by atoms with E-state index in [1.807, 2.05) is 11.0 Å². The van der Waals surface area contributed by atoms with Gasteiger partial charge >= 0.3 is 6.18 Å². The summed E-state index contributed by atoms with van der Waals surface area (Å²) in [5.41, 5.74) is 8.88. The Hall–Kier alpha value is -3.95. The largest absolute Gasteiger partial charge is 0.417 e. The normalized spacial score (nSPS) is 15.9. The number of H-pyrrole nitrogens is 1. The molecule has 0 spiro atoms. The van der Waals surface area contributed by atoms with Crippen LogP contribution in [0.25, 0.3) is 27.7 Å². The summed E-state index contributed by atoms with van der Waals surface area (Å²) in [5.74, 6) is -0.148. The number of aryl methyl sites for hydroxylation is 1. The van der Waals surface area contributed by atoms with E-state index in [0.717, 1.165) is 5.56 Å². The van der Waals surface area contributed by atoms with E-state index >= 15 is 0 Å². The number of amides is 1. The molecular formula is C24H23F3N6O. The van der Waals surface area contributed by atoms with Crippen molar-refractivity contribution < 1.29 is 18.0 Å². The third-order valence-electron chi connectivity index (χ3n) is 6.36. The summed E-state index contributed by atoms with van der Waals surface area (Å²) < 4.78 is 43.1. The lowest BCUT2D eigenvalue weighted by Crippen LogP contribution is -2.48. The number of rotatable bonds is 3. The number of piperazine rings is 1. The number of aromatic amines is 1. The van der Waals surface area contributed by atoms with E-state index in [2.05, 4.69) is 27.6 Å². The van der Waals surface area contributed by atoms with Crippen LogP contribution in [0.1, 0.15) is 16.7 Å². The quantitative estimate of drug-likeness (QED) is 0.505. The number of nitrogens with one attached hydrogen (secondary N) is 3. The monoisotopic (exact) mass is 468 g/mol. The minimum absolute atomic E-state index is 0.0905. The van der Waals surface area contributed by atoms with Gasteiger partial charge in [0.15, 0.2) is 0 Å². The molecule has 5 rings (SSSR count). The van der Waals surface area contributed by atoms with Gasteiger partial charge in [0.2, 0.25) is 5.91 Å². The van der Waals surface area contributed by atoms with Gasteiger partial charge in [-0.15, -0.1) is 0 Å². The first kappa shape index (κ1) is 21.9. The van der Waals surface area contributed by atoms with Gasteiger partial charge in [-0.2, -0.15) is 18.3 Å². The fourth-order valence-corrected chi connectivity index (χ4v) is 4.66. The molecule has 7 nitrogen and oxygen atoms in total. The summed E-state index contributed by atoms with van der Waals surface area (Å²) in [7, 11) is 0. The van der Waals surface area contributed by atoms with E-state index in [0.29, 0.717) is 59.6 Å². The molecule has 3 heterocycles. The number of anilines is 1. The first-order valence-corrected chi connectivity index (χ1v) is 10.8. The van der Waals surface area contributed by atoms with E-state index < -0.39 is 11.7 Å². The van der Waals surface area contributed by atoms with Crippen LogP contribution >= 0.6 is 0 Å². The van der Waals surface area contributed by atoms with Gasteiger partial charge in [-0.3, -0.25) is 9.89 Å². The smallest absolute Gasteiger partial charge is 0.366 e. The number of carbonyl (C=O) groups is 1. The summed E-state index contributed by atoms with van der Waals surface area (Å²) in [5, 5.41) is 7.49. The minimum atomic E-state index is -4.56. The van der Waals surface area contributed by atoms with Crippen LogP contribution in [0.3, 0.4) is 0 Å². The average molecular weight is 468 g/mol. The molecule has 2 aliphatic rings. The first-order valence-electron chi connectivity index (χ1n) is 10.8. The van der Waals surface area contributed by atoms with E-state index in [1.165, 1.54) is 12.1 Å². The number of halogens is 3. The summed E-state index contributed by atoms with van der Waals surface area (Å²) in [4.78, 5) is 15.6. The Morgan fingerprint density at radius 3 is 2.62 bits per heavy atom. The van der Waals surface area contributed by atoms with E-state index in [9.17, 15) is 18.0 Å². The molecule has 1 saturated heterocycles. The van der Waals surface area contributed by atoms with Gasteiger partial charge in [-0.05, 0) is 47.9 Å². The molecule has 3 aromatic rings. The van der Waals surface area contributed by atoms with Crippen LogP contribution in [0, 0.1) is 6.92 Å². The molecule has 2 aliphatic heterocycles. The third-order valence-corrected chi connectivity index (χ3v) is 6.36. The maximum atomic E-state index is 14.4. The van der Waals surface area contributed by atoms with Crippen LogP contribution < -0.4 is 10.9 Å². The van der Waals surface area contributed by atoms with Crippen LogP contribution in [0.5, 0.6) is 0 Å². The highest BCUT2D eigenvalue weighted by Gasteiger charge is 2.37. The molecule has 0 atom stereocenters. The van der Waals surface area contributed by atoms with Gasteiger partial charge in [0.1, 0.15) is 0 Å². The third kappa shape index (κ3) is 3.64. The molecule has 0 radical (unpaired) electrons. The maximum absolute atomic E-state index is 14.4. The lowest BCUT2D eigenvalue weighted by molar-refractivity contribution is -0.137. The predicted octanol–water partition coefficient (Wildman–Crippen LogP) is 4.12. The van der Waals surface area contributed by atoms with Crippen molar-refractivity contribution in [2.75, 3.05) is 31.6 Å². The van der Waals surface area contributed by atoms with Crippen molar-refractivity contribution in [2.45, 2.75) is 13.1 Å². The van der Waals surface area contributed by atoms with Crippen molar-refractivity contribution in [1.82, 2.24) is 25.4 Å². The molecule has 176 valence electrons. The second-order valence-corrected chi connectivity index (χ2v) is 8.35. The van der Waals surface area contributed by atoms with E-state index in [4.69, 9.17) is 0 Å². The van der Waals surface area contributed by atoms with Gasteiger partial charge in [0.25, 0.3) is 0 Å². The number of aromatic nitrogens is 2. The SMILES string of the molecule is C=CC(=O)N1CCN(C2=CNNc3cc(-c4c(C)ccc5[nH]ncc45)c(C(F)(F)F)cc32)CC1. The van der Waals surface area contributed by atoms with Crippen molar-refractivity contribution in [3.05, 3.63) is 66.0 Å². The summed E-state index contributed by atoms with van der Waals surface area (Å²) >= 11 is 0. The van der Waals surface area contributed by atoms with E-state index in [1.54, 1.807) is 36.4 Å². The fraction of sp³-hybridized carbons (Fsp3) is 0.250. The molecule has 0 unspecified atom stereocenters. The molecule has 1 amide bonds. The Balaban J connectivity index is 1.60. The second-order valence-electron chi connectivity index (χ2n) is 8.35. The number of alkyl halides is 3. The second kappa shape index (κ2) is 8.12. The standard InChI is InChI=1S/C24H23F3N6O/c1-3-22(34)33-8-6-32(7-9-33)21-13-29-31-20-11-15(18(10-16(20)21)24(25,26)27)23-14(2)4-5-19-17(23)12-28-30-19/h3-5,10-13,29,31H,1,6-9H2,2H3,(H,28,30). The summed E-state index contributed by atoms with van der Waals surface area (Å²) in [6.07, 6.45) is -0.0722. The van der Waals surface area contributed by atoms with Gasteiger partial charge in [0.05, 0.1) is 28.7 Å². The van der Waals surface area contributed by atoms with Crippen LogP contribution in [0.2, 0.25) is 0 Å². The van der Waals surface area contributed by atoms with Crippen LogP contribution in [0.15, 0.2) is 49.3 Å².